The summed E-state index contributed by atoms with van der Waals surface area (Å²) in [5.41, 5.74) is 0.717. The zero-order valence-electron chi connectivity index (χ0n) is 17.2. The topological polar surface area (TPSA) is 145 Å². The highest BCUT2D eigenvalue weighted by atomic mass is 32.2. The minimum absolute atomic E-state index is 0.0948. The largest absolute Gasteiger partial charge is 0.454 e. The van der Waals surface area contributed by atoms with Crippen LogP contribution in [-0.2, 0) is 24.3 Å². The Morgan fingerprint density at radius 1 is 1.00 bits per heavy atom. The highest BCUT2D eigenvalue weighted by molar-refractivity contribution is 7.89. The highest BCUT2D eigenvalue weighted by Gasteiger charge is 2.24. The van der Waals surface area contributed by atoms with Gasteiger partial charge in [0.05, 0.1) is 4.90 Å². The summed E-state index contributed by atoms with van der Waals surface area (Å²) in [5, 5.41) is 10.1. The molecule has 0 spiro atoms. The maximum atomic E-state index is 12.5. The van der Waals surface area contributed by atoms with Crippen molar-refractivity contribution in [2.75, 3.05) is 11.9 Å². The highest BCUT2D eigenvalue weighted by Crippen LogP contribution is 2.13. The van der Waals surface area contributed by atoms with Crippen molar-refractivity contribution in [2.45, 2.75) is 31.2 Å². The van der Waals surface area contributed by atoms with E-state index >= 15 is 0 Å². The molecule has 0 radical (unpaired) electrons. The van der Waals surface area contributed by atoms with Crippen LogP contribution in [0.25, 0.3) is 0 Å². The third kappa shape index (κ3) is 7.83. The molecule has 0 saturated heterocycles. The van der Waals surface area contributed by atoms with Crippen LogP contribution in [0.2, 0.25) is 0 Å². The number of rotatable bonds is 9. The molecule has 10 heteroatoms. The van der Waals surface area contributed by atoms with Gasteiger partial charge in [0, 0.05) is 11.3 Å². The molecule has 2 amide bonds. The smallest absolute Gasteiger partial charge is 0.329 e. The number of hydrogen-bond donors (Lipinski definition) is 3. The van der Waals surface area contributed by atoms with Gasteiger partial charge in [-0.3, -0.25) is 9.59 Å². The van der Waals surface area contributed by atoms with Gasteiger partial charge in [-0.05, 0) is 48.7 Å². The Bertz CT molecular complexity index is 1020. The van der Waals surface area contributed by atoms with E-state index in [1.54, 1.807) is 30.3 Å². The number of primary sulfonamides is 1. The normalized spacial score (nSPS) is 12.1. The fraction of sp³-hybridized carbons (Fsp3) is 0.286. The van der Waals surface area contributed by atoms with E-state index in [9.17, 15) is 22.8 Å². The number of carbonyl (C=O) groups excluding carboxylic acids is 3. The lowest BCUT2D eigenvalue weighted by Gasteiger charge is -2.19. The van der Waals surface area contributed by atoms with Crippen molar-refractivity contribution in [3.63, 3.8) is 0 Å². The Morgan fingerprint density at radius 2 is 1.61 bits per heavy atom. The van der Waals surface area contributed by atoms with Crippen LogP contribution in [0.1, 0.15) is 30.6 Å². The van der Waals surface area contributed by atoms with Gasteiger partial charge in [0.25, 0.3) is 11.8 Å². The van der Waals surface area contributed by atoms with Crippen LogP contribution >= 0.6 is 0 Å². The summed E-state index contributed by atoms with van der Waals surface area (Å²) < 4.78 is 27.6. The summed E-state index contributed by atoms with van der Waals surface area (Å²) in [6.07, 6.45) is 0.341. The van der Waals surface area contributed by atoms with Gasteiger partial charge in [0.1, 0.15) is 6.04 Å². The van der Waals surface area contributed by atoms with E-state index in [1.807, 2.05) is 13.8 Å². The number of sulfonamides is 1. The first-order valence-electron chi connectivity index (χ1n) is 9.51. The van der Waals surface area contributed by atoms with Gasteiger partial charge in [-0.25, -0.2) is 18.4 Å². The van der Waals surface area contributed by atoms with Crippen LogP contribution in [0.15, 0.2) is 59.5 Å². The lowest BCUT2D eigenvalue weighted by atomic mass is 10.0. The molecule has 0 unspecified atom stereocenters. The zero-order chi connectivity index (χ0) is 23.0. The summed E-state index contributed by atoms with van der Waals surface area (Å²) in [6, 6.07) is 12.8. The number of ether oxygens (including phenoxy) is 1. The van der Waals surface area contributed by atoms with Crippen LogP contribution < -0.4 is 15.8 Å². The Morgan fingerprint density at radius 3 is 2.16 bits per heavy atom. The molecule has 0 aromatic heterocycles. The molecule has 2 aromatic rings. The van der Waals surface area contributed by atoms with Crippen LogP contribution in [0.5, 0.6) is 0 Å². The molecule has 0 bridgehead atoms. The Kier molecular flexibility index (Phi) is 8.29. The van der Waals surface area contributed by atoms with Gasteiger partial charge in [0.15, 0.2) is 6.61 Å². The predicted octanol–water partition coefficient (Wildman–Crippen LogP) is 1.66. The Labute approximate surface area is 181 Å². The second-order valence-corrected chi connectivity index (χ2v) is 8.81. The van der Waals surface area contributed by atoms with Crippen molar-refractivity contribution >= 4 is 33.5 Å². The molecule has 0 saturated carbocycles. The summed E-state index contributed by atoms with van der Waals surface area (Å²) in [7, 11) is -3.84. The molecule has 0 aliphatic carbocycles. The van der Waals surface area contributed by atoms with E-state index in [-0.39, 0.29) is 10.8 Å². The summed E-state index contributed by atoms with van der Waals surface area (Å²) >= 11 is 0. The lowest BCUT2D eigenvalue weighted by molar-refractivity contribution is -0.149. The van der Waals surface area contributed by atoms with Gasteiger partial charge < -0.3 is 15.4 Å². The molecule has 31 heavy (non-hydrogen) atoms. The number of hydrogen-bond acceptors (Lipinski definition) is 6. The monoisotopic (exact) mass is 447 g/mol. The third-order valence-electron chi connectivity index (χ3n) is 4.15. The molecule has 0 aliphatic heterocycles. The van der Waals surface area contributed by atoms with Crippen molar-refractivity contribution in [1.82, 2.24) is 5.32 Å². The minimum Gasteiger partial charge on any atom is -0.454 e. The van der Waals surface area contributed by atoms with Crippen molar-refractivity contribution in [1.29, 1.82) is 0 Å². The standard InChI is InChI=1S/C21H25N3O6S/c1-14(2)12-18(24-20(26)15-6-4-3-5-7-15)21(27)30-13-19(25)23-16-8-10-17(11-9-16)31(22,28)29/h3-11,14,18H,12-13H2,1-2H3,(H,23,25)(H,24,26)(H2,22,28,29)/t18-/m0/s1. The minimum atomic E-state index is -3.84. The van der Waals surface area contributed by atoms with E-state index in [0.29, 0.717) is 17.7 Å². The second kappa shape index (κ2) is 10.7. The molecular formula is C21H25N3O6S. The van der Waals surface area contributed by atoms with E-state index < -0.39 is 40.5 Å². The summed E-state index contributed by atoms with van der Waals surface area (Å²) in [4.78, 5) is 36.8. The molecule has 1 atom stereocenters. The maximum Gasteiger partial charge on any atom is 0.329 e. The van der Waals surface area contributed by atoms with Crippen LogP contribution in [0, 0.1) is 5.92 Å². The number of amides is 2. The number of carbonyl (C=O) groups is 3. The summed E-state index contributed by atoms with van der Waals surface area (Å²) in [5.74, 6) is -1.66. The van der Waals surface area contributed by atoms with E-state index in [2.05, 4.69) is 10.6 Å². The van der Waals surface area contributed by atoms with Gasteiger partial charge in [-0.1, -0.05) is 32.0 Å². The first-order chi connectivity index (χ1) is 14.6. The number of nitrogens with two attached hydrogens (primary N) is 1. The summed E-state index contributed by atoms with van der Waals surface area (Å²) in [6.45, 7) is 3.23. The molecule has 2 rings (SSSR count). The van der Waals surface area contributed by atoms with Gasteiger partial charge in [-0.15, -0.1) is 0 Å². The van der Waals surface area contributed by atoms with Crippen molar-refractivity contribution in [3.8, 4) is 0 Å². The van der Waals surface area contributed by atoms with E-state index in [0.717, 1.165) is 0 Å². The van der Waals surface area contributed by atoms with Gasteiger partial charge in [-0.2, -0.15) is 0 Å². The van der Waals surface area contributed by atoms with Gasteiger partial charge >= 0.3 is 5.97 Å². The SMILES string of the molecule is CC(C)C[C@H](NC(=O)c1ccccc1)C(=O)OCC(=O)Nc1ccc(S(N)(=O)=O)cc1. The Balaban J connectivity index is 1.93. The first kappa shape index (κ1) is 24.0. The van der Waals surface area contributed by atoms with Crippen molar-refractivity contribution < 1.29 is 27.5 Å². The maximum absolute atomic E-state index is 12.5. The quantitative estimate of drug-likeness (QED) is 0.499. The fourth-order valence-electron chi connectivity index (χ4n) is 2.68. The molecule has 4 N–H and O–H groups in total. The first-order valence-corrected chi connectivity index (χ1v) is 11.1. The molecule has 9 nitrogen and oxygen atoms in total. The number of nitrogens with one attached hydrogen (secondary N) is 2. The van der Waals surface area contributed by atoms with E-state index in [4.69, 9.17) is 9.88 Å². The van der Waals surface area contributed by atoms with Crippen molar-refractivity contribution in [3.05, 3.63) is 60.2 Å². The molecule has 0 fully saturated rings. The van der Waals surface area contributed by atoms with Gasteiger partial charge in [0.2, 0.25) is 10.0 Å². The molecule has 166 valence electrons. The lowest BCUT2D eigenvalue weighted by Crippen LogP contribution is -2.43. The number of benzene rings is 2. The average molecular weight is 448 g/mol. The average Bonchev–Trinajstić information content (AvgIpc) is 2.71. The van der Waals surface area contributed by atoms with Crippen LogP contribution in [0.4, 0.5) is 5.69 Å². The third-order valence-corrected chi connectivity index (χ3v) is 5.07. The predicted molar refractivity (Wildman–Crippen MR) is 115 cm³/mol. The number of anilines is 1. The zero-order valence-corrected chi connectivity index (χ0v) is 18.0. The van der Waals surface area contributed by atoms with Crippen LogP contribution in [0.3, 0.4) is 0 Å². The van der Waals surface area contributed by atoms with E-state index in [1.165, 1.54) is 24.3 Å². The molecule has 2 aromatic carbocycles. The van der Waals surface area contributed by atoms with Crippen molar-refractivity contribution in [2.24, 2.45) is 11.1 Å². The Hall–Kier alpha value is -3.24. The number of esters is 1. The fourth-order valence-corrected chi connectivity index (χ4v) is 3.19. The molecule has 0 heterocycles. The molecule has 0 aliphatic rings. The second-order valence-electron chi connectivity index (χ2n) is 7.25. The molecular weight excluding hydrogens is 422 g/mol. The van der Waals surface area contributed by atoms with Crippen LogP contribution in [-0.4, -0.2) is 38.9 Å².